The number of hydrazone groups is 2. The Balaban J connectivity index is 0.00000372. The van der Waals surface area contributed by atoms with Crippen molar-refractivity contribution in [1.29, 1.82) is 0 Å². The van der Waals surface area contributed by atoms with Crippen LogP contribution in [0, 0.1) is 0 Å². The number of nitrogens with zero attached hydrogens (tertiary/aromatic N) is 4. The van der Waals surface area contributed by atoms with Crippen molar-refractivity contribution in [2.45, 2.75) is 9.79 Å². The number of benzene rings is 2. The number of hydrogen-bond donors (Lipinski definition) is 2. The van der Waals surface area contributed by atoms with E-state index in [1.165, 1.54) is 48.8 Å². The van der Waals surface area contributed by atoms with Crippen LogP contribution in [0.1, 0.15) is 43.2 Å². The van der Waals surface area contributed by atoms with Gasteiger partial charge in [0.1, 0.15) is 63.3 Å². The summed E-state index contributed by atoms with van der Waals surface area (Å²) in [7, 11) is -20.8. The number of carbonyl (C=O) groups excluding carboxylic acids is 2. The Bertz CT molecular complexity index is 2820. The molecule has 58 heavy (non-hydrogen) atoms. The third kappa shape index (κ3) is 9.86. The molecule has 2 aromatic heterocycles. The van der Waals surface area contributed by atoms with Crippen molar-refractivity contribution in [2.24, 2.45) is 10.2 Å². The van der Waals surface area contributed by atoms with E-state index in [0.29, 0.717) is 12.2 Å². The first-order valence-electron chi connectivity index (χ1n) is 15.0. The first-order chi connectivity index (χ1) is 26.1. The number of anilines is 2. The van der Waals surface area contributed by atoms with E-state index in [-0.39, 0.29) is 72.6 Å². The number of ketones is 2. The number of pyridine rings is 2. The van der Waals surface area contributed by atoms with Gasteiger partial charge in [-0.15, -0.1) is 0 Å². The summed E-state index contributed by atoms with van der Waals surface area (Å²) in [5.41, 5.74) is 1.09. The van der Waals surface area contributed by atoms with E-state index >= 15 is 0 Å². The fraction of sp³-hybridized carbons (Fsp3) is 0. The number of rotatable bonds is 10. The minimum absolute atomic E-state index is 0. The number of fused-ring (bicyclic) bond motifs is 2. The van der Waals surface area contributed by atoms with Crippen molar-refractivity contribution >= 4 is 96.8 Å². The average Bonchev–Trinajstić information content (AvgIpc) is 3.12. The molecule has 0 unspecified atom stereocenters. The van der Waals surface area contributed by atoms with Crippen molar-refractivity contribution in [3.63, 3.8) is 0 Å². The fourth-order valence-electron chi connectivity index (χ4n) is 5.27. The Hall–Kier alpha value is -4.87. The van der Waals surface area contributed by atoms with Crippen molar-refractivity contribution in [1.82, 2.24) is 9.97 Å². The molecule has 0 saturated carbocycles. The molecular formula is C32H18N6O14S4Zn2. The van der Waals surface area contributed by atoms with Gasteiger partial charge in [0.15, 0.2) is 0 Å². The number of allylic oxidation sites excluding steroid dienone is 2. The Morgan fingerprint density at radius 2 is 0.897 bits per heavy atom. The maximum Gasteiger partial charge on any atom is 2.00 e. The molecule has 2 N–H and O–H groups in total. The molecule has 0 saturated heterocycles. The molecule has 0 bridgehead atoms. The van der Waals surface area contributed by atoms with Gasteiger partial charge in [-0.1, -0.05) is 24.3 Å². The van der Waals surface area contributed by atoms with Crippen LogP contribution in [0.3, 0.4) is 0 Å². The van der Waals surface area contributed by atoms with Crippen LogP contribution in [0.4, 0.5) is 11.4 Å². The summed E-state index contributed by atoms with van der Waals surface area (Å²) in [6.07, 6.45) is 5.72. The predicted molar refractivity (Wildman–Crippen MR) is 192 cm³/mol. The summed E-state index contributed by atoms with van der Waals surface area (Å²) < 4.78 is 144. The van der Waals surface area contributed by atoms with Crippen molar-refractivity contribution in [3.8, 4) is 0 Å². The number of nitrogens with one attached hydrogen (secondary N) is 2. The predicted octanol–water partition coefficient (Wildman–Crippen LogP) is 1.55. The molecule has 0 radical (unpaired) electrons. The standard InChI is InChI=1S/C32H22N6O14S4.2Zn/c39-31-23(15-27(55(47,48)49)21-3-1-11-33-29(21)31)37-35-19-9-7-17(25(13-19)53(41,42)43)5-6-18-8-10-20(14-26(18)54(44,45)46)36-38-24-16-28(56(50,51)52)22-4-2-12-34-30(22)32(24)40;;/h1-16,35-36H,(H,41,42,43)(H,44,45,46)(H,47,48,49)(H,50,51,52);;/q;2*+2/p-4/b6-5+,37-23-,38-24-;;. The minimum Gasteiger partial charge on any atom is -0.744 e. The van der Waals surface area contributed by atoms with Gasteiger partial charge < -0.3 is 18.2 Å². The Kier molecular flexibility index (Phi) is 13.6. The van der Waals surface area contributed by atoms with Crippen molar-refractivity contribution in [3.05, 3.63) is 119 Å². The van der Waals surface area contributed by atoms with Gasteiger partial charge in [-0.2, -0.15) is 10.2 Å². The van der Waals surface area contributed by atoms with Crippen LogP contribution in [0.15, 0.2) is 105 Å². The summed E-state index contributed by atoms with van der Waals surface area (Å²) in [6, 6.07) is 11.1. The molecular weight excluding hydrogens is 951 g/mol. The largest absolute Gasteiger partial charge is 2.00 e. The quantitative estimate of drug-likeness (QED) is 0.0985. The van der Waals surface area contributed by atoms with Crippen LogP contribution >= 0.6 is 0 Å². The second kappa shape index (κ2) is 17.2. The molecule has 0 fully saturated rings. The molecule has 0 amide bonds. The van der Waals surface area contributed by atoms with E-state index < -0.39 is 94.5 Å². The number of aromatic nitrogens is 2. The summed E-state index contributed by atoms with van der Waals surface area (Å²) in [5.74, 6) is -1.78. The molecule has 0 atom stereocenters. The van der Waals surface area contributed by atoms with Crippen LogP contribution in [0.5, 0.6) is 0 Å². The molecule has 0 aliphatic heterocycles. The van der Waals surface area contributed by atoms with Crippen molar-refractivity contribution < 1.29 is 100 Å². The van der Waals surface area contributed by atoms with Crippen LogP contribution in [-0.4, -0.2) is 84.8 Å². The van der Waals surface area contributed by atoms with Crippen LogP contribution in [0.2, 0.25) is 0 Å². The number of Topliss-reactive ketones (excluding diaryl/α,β-unsaturated/α-hetero) is 2. The zero-order valence-electron chi connectivity index (χ0n) is 28.8. The van der Waals surface area contributed by atoms with E-state index in [9.17, 15) is 61.5 Å². The van der Waals surface area contributed by atoms with Gasteiger partial charge >= 0.3 is 39.0 Å². The van der Waals surface area contributed by atoms with E-state index in [2.05, 4.69) is 31.0 Å². The Labute approximate surface area is 354 Å². The van der Waals surface area contributed by atoms with Gasteiger partial charge in [0, 0.05) is 23.5 Å². The summed E-state index contributed by atoms with van der Waals surface area (Å²) >= 11 is 0. The van der Waals surface area contributed by atoms with Gasteiger partial charge in [0.25, 0.3) is 0 Å². The van der Waals surface area contributed by atoms with E-state index in [1.807, 2.05) is 0 Å². The molecule has 2 heterocycles. The first-order valence-corrected chi connectivity index (χ1v) is 20.7. The van der Waals surface area contributed by atoms with E-state index in [1.54, 1.807) is 0 Å². The number of hydrogen-bond acceptors (Lipinski definition) is 20. The molecule has 2 aromatic carbocycles. The maximum absolute atomic E-state index is 12.9. The molecule has 4 aromatic rings. The van der Waals surface area contributed by atoms with Gasteiger partial charge in [-0.25, -0.2) is 33.7 Å². The van der Waals surface area contributed by atoms with Crippen LogP contribution in [-0.2, 0) is 79.4 Å². The average molecular weight is 970 g/mol. The first kappa shape index (κ1) is 45.8. The summed E-state index contributed by atoms with van der Waals surface area (Å²) in [5, 5.41) is 7.53. The monoisotopic (exact) mass is 966 g/mol. The zero-order chi connectivity index (χ0) is 40.8. The van der Waals surface area contributed by atoms with Crippen LogP contribution in [0.25, 0.3) is 22.0 Å². The third-order valence-electron chi connectivity index (χ3n) is 7.74. The van der Waals surface area contributed by atoms with Gasteiger partial charge in [-0.3, -0.25) is 30.4 Å². The normalized spacial score (nSPS) is 15.8. The molecule has 2 aliphatic carbocycles. The minimum atomic E-state index is -5.28. The molecule has 0 spiro atoms. The zero-order valence-corrected chi connectivity index (χ0v) is 38.0. The molecule has 20 nitrogen and oxygen atoms in total. The van der Waals surface area contributed by atoms with Gasteiger partial charge in [0.05, 0.1) is 31.0 Å². The molecule has 26 heteroatoms. The second-order valence-corrected chi connectivity index (χ2v) is 16.7. The molecule has 2 aliphatic rings. The number of carbonyl (C=O) groups is 2. The third-order valence-corrected chi connectivity index (χ3v) is 11.3. The van der Waals surface area contributed by atoms with E-state index in [0.717, 1.165) is 36.4 Å². The van der Waals surface area contributed by atoms with Gasteiger partial charge in [0.2, 0.25) is 11.6 Å². The fourth-order valence-corrected chi connectivity index (χ4v) is 8.04. The topological polar surface area (TPSA) is 337 Å². The SMILES string of the molecule is O=C1/C(=N\Nc2ccc(/C=C/c3ccc(N/N=C4/C=C(S(=O)(=O)[O-])c5cccnc5C4=O)cc3S(=O)(=O)[O-])c(S(=O)(=O)[O-])c2)C=C(S(=O)(=O)[O-])c2cccnc21.[Zn+2].[Zn+2]. The smallest absolute Gasteiger partial charge is 0.744 e. The Morgan fingerprint density at radius 3 is 1.22 bits per heavy atom. The van der Waals surface area contributed by atoms with E-state index in [4.69, 9.17) is 0 Å². The molecule has 288 valence electrons. The van der Waals surface area contributed by atoms with Crippen molar-refractivity contribution in [2.75, 3.05) is 10.9 Å². The Morgan fingerprint density at radius 1 is 0.534 bits per heavy atom. The maximum atomic E-state index is 12.9. The summed E-state index contributed by atoms with van der Waals surface area (Å²) in [4.78, 5) is 30.0. The summed E-state index contributed by atoms with van der Waals surface area (Å²) in [6.45, 7) is 0. The van der Waals surface area contributed by atoms with Crippen LogP contribution < -0.4 is 10.9 Å². The van der Waals surface area contributed by atoms with Gasteiger partial charge in [-0.05, 0) is 71.8 Å². The molecule has 6 rings (SSSR count). The second-order valence-electron chi connectivity index (χ2n) is 11.3.